The Balaban J connectivity index is 2.08. The van der Waals surface area contributed by atoms with E-state index in [0.717, 1.165) is 10.6 Å². The van der Waals surface area contributed by atoms with Gasteiger partial charge >= 0.3 is 0 Å². The highest BCUT2D eigenvalue weighted by atomic mass is 32.1. The highest BCUT2D eigenvalue weighted by molar-refractivity contribution is 7.15. The summed E-state index contributed by atoms with van der Waals surface area (Å²) >= 11 is 1.62. The molecule has 0 aliphatic heterocycles. The van der Waals surface area contributed by atoms with E-state index in [1.54, 1.807) is 28.6 Å². The summed E-state index contributed by atoms with van der Waals surface area (Å²) in [4.78, 5) is 10.3. The fourth-order valence-corrected chi connectivity index (χ4v) is 3.25. The van der Waals surface area contributed by atoms with Crippen molar-refractivity contribution in [3.05, 3.63) is 28.5 Å². The number of anilines is 1. The fraction of sp³-hybridized carbons (Fsp3) is 0.385. The molecule has 1 aromatic heterocycles. The first-order valence-electron chi connectivity index (χ1n) is 7.03. The fourth-order valence-electron chi connectivity index (χ4n) is 2.07. The third-order valence-electron chi connectivity index (χ3n) is 3.29. The quantitative estimate of drug-likeness (QED) is 0.124. The van der Waals surface area contributed by atoms with E-state index in [4.69, 9.17) is 10.5 Å². The van der Waals surface area contributed by atoms with E-state index >= 15 is 0 Å². The highest BCUT2D eigenvalue weighted by Crippen LogP contribution is 2.46. The Bertz CT molecular complexity index is 587. The number of allylic oxidation sites excluding steroid dienone is 1. The van der Waals surface area contributed by atoms with Gasteiger partial charge in [-0.25, -0.2) is 0 Å². The molecule has 1 heterocycles. The van der Waals surface area contributed by atoms with Crippen molar-refractivity contribution >= 4 is 38.4 Å². The first kappa shape index (κ1) is 17.7. The van der Waals surface area contributed by atoms with Crippen molar-refractivity contribution in [2.75, 3.05) is 12.1 Å². The van der Waals surface area contributed by atoms with Crippen molar-refractivity contribution in [3.8, 4) is 0 Å². The summed E-state index contributed by atoms with van der Waals surface area (Å²) < 4.78 is 9.38. The monoisotopic (exact) mass is 356 g/mol. The van der Waals surface area contributed by atoms with Crippen molar-refractivity contribution in [1.29, 1.82) is 0 Å². The average molecular weight is 356 g/mol. The van der Waals surface area contributed by atoms with Gasteiger partial charge < -0.3 is 10.5 Å². The minimum absolute atomic E-state index is 0.312. The van der Waals surface area contributed by atoms with Gasteiger partial charge in [0.05, 0.1) is 0 Å². The SMILES string of the molecule is CN(NNNC=O)c1scc(C2CC2)c1COC(N)=CC=NP. The molecule has 0 aromatic carbocycles. The number of hydrogen-bond acceptors (Lipinski definition) is 8. The van der Waals surface area contributed by atoms with E-state index in [1.807, 2.05) is 7.05 Å². The topological polar surface area (TPSA) is 104 Å². The summed E-state index contributed by atoms with van der Waals surface area (Å²) in [6.07, 6.45) is 6.12. The van der Waals surface area contributed by atoms with Crippen LogP contribution in [0.25, 0.3) is 0 Å². The molecule has 1 fully saturated rings. The van der Waals surface area contributed by atoms with E-state index in [2.05, 4.69) is 36.0 Å². The maximum atomic E-state index is 10.3. The van der Waals surface area contributed by atoms with Gasteiger partial charge in [0.15, 0.2) is 5.88 Å². The largest absolute Gasteiger partial charge is 0.474 e. The van der Waals surface area contributed by atoms with Gasteiger partial charge in [-0.15, -0.1) is 11.3 Å². The molecular weight excluding hydrogens is 335 g/mol. The molecule has 1 aliphatic carbocycles. The standard InChI is InChI=1S/C13H21N6O2PS/c1-19(18-17-15-8-20)13-10(6-21-12(14)4-5-16-22)11(7-23-13)9-2-3-9/h4-5,7-9,17-18H,2-3,6,14,22H2,1H3,(H,15,20). The highest BCUT2D eigenvalue weighted by Gasteiger charge is 2.29. The van der Waals surface area contributed by atoms with Crippen LogP contribution in [0.3, 0.4) is 0 Å². The molecule has 8 nitrogen and oxygen atoms in total. The number of amides is 1. The maximum absolute atomic E-state index is 10.3. The molecule has 1 aromatic rings. The van der Waals surface area contributed by atoms with Crippen molar-refractivity contribution in [3.63, 3.8) is 0 Å². The third kappa shape index (κ3) is 5.18. The second-order valence-corrected chi connectivity index (χ2v) is 6.12. The van der Waals surface area contributed by atoms with Crippen LogP contribution in [-0.4, -0.2) is 19.7 Å². The number of thiophene rings is 1. The number of nitrogens with one attached hydrogen (secondary N) is 3. The molecule has 23 heavy (non-hydrogen) atoms. The average Bonchev–Trinajstić information content (AvgIpc) is 3.30. The number of ether oxygens (including phenoxy) is 1. The molecule has 0 bridgehead atoms. The van der Waals surface area contributed by atoms with Gasteiger partial charge in [-0.3, -0.25) is 20.0 Å². The van der Waals surface area contributed by atoms with Gasteiger partial charge in [0.1, 0.15) is 11.6 Å². The molecule has 1 amide bonds. The molecule has 2 rings (SSSR count). The molecule has 1 atom stereocenters. The molecule has 1 aliphatic rings. The smallest absolute Gasteiger partial charge is 0.222 e. The Morgan fingerprint density at radius 1 is 1.65 bits per heavy atom. The van der Waals surface area contributed by atoms with Crippen LogP contribution in [0.2, 0.25) is 0 Å². The van der Waals surface area contributed by atoms with E-state index in [0.29, 0.717) is 24.8 Å². The lowest BCUT2D eigenvalue weighted by Gasteiger charge is -2.21. The Morgan fingerprint density at radius 2 is 2.43 bits per heavy atom. The second kappa shape index (κ2) is 8.83. The van der Waals surface area contributed by atoms with Crippen LogP contribution >= 0.6 is 20.7 Å². The second-order valence-electron chi connectivity index (χ2n) is 4.96. The zero-order chi connectivity index (χ0) is 16.7. The number of carbonyl (C=O) groups is 1. The van der Waals surface area contributed by atoms with Gasteiger partial charge in [0, 0.05) is 24.9 Å². The molecule has 126 valence electrons. The third-order valence-corrected chi connectivity index (χ3v) is 4.58. The predicted molar refractivity (Wildman–Crippen MR) is 95.4 cm³/mol. The minimum Gasteiger partial charge on any atom is -0.474 e. The molecular formula is C13H21N6O2PS. The van der Waals surface area contributed by atoms with Crippen LogP contribution in [-0.2, 0) is 16.1 Å². The summed E-state index contributed by atoms with van der Waals surface area (Å²) in [6, 6.07) is 0. The van der Waals surface area contributed by atoms with Gasteiger partial charge in [0.25, 0.3) is 0 Å². The lowest BCUT2D eigenvalue weighted by atomic mass is 10.1. The number of rotatable bonds is 10. The maximum Gasteiger partial charge on any atom is 0.222 e. The summed E-state index contributed by atoms with van der Waals surface area (Å²) in [5.74, 6) is 0.915. The Kier molecular flexibility index (Phi) is 6.79. The van der Waals surface area contributed by atoms with Crippen molar-refractivity contribution in [2.24, 2.45) is 10.5 Å². The predicted octanol–water partition coefficient (Wildman–Crippen LogP) is 0.909. The molecule has 5 N–H and O–H groups in total. The van der Waals surface area contributed by atoms with Gasteiger partial charge in [-0.2, -0.15) is 11.1 Å². The van der Waals surface area contributed by atoms with E-state index in [9.17, 15) is 4.79 Å². The van der Waals surface area contributed by atoms with E-state index in [1.165, 1.54) is 18.4 Å². The van der Waals surface area contributed by atoms with E-state index < -0.39 is 0 Å². The summed E-state index contributed by atoms with van der Waals surface area (Å²) in [5.41, 5.74) is 16.0. The number of nitrogens with two attached hydrogens (primary N) is 1. The lowest BCUT2D eigenvalue weighted by Crippen LogP contribution is -2.51. The van der Waals surface area contributed by atoms with Crippen LogP contribution in [0.1, 0.15) is 29.9 Å². The number of carbonyl (C=O) groups excluding carboxylic acids is 1. The molecule has 1 saturated carbocycles. The van der Waals surface area contributed by atoms with Crippen molar-refractivity contribution in [2.45, 2.75) is 25.4 Å². The zero-order valence-corrected chi connectivity index (χ0v) is 14.8. The molecule has 1 unspecified atom stereocenters. The zero-order valence-electron chi connectivity index (χ0n) is 12.8. The molecule has 10 heteroatoms. The van der Waals surface area contributed by atoms with Crippen molar-refractivity contribution in [1.82, 2.24) is 16.5 Å². The van der Waals surface area contributed by atoms with Crippen LogP contribution in [0, 0.1) is 0 Å². The number of hydrogen-bond donors (Lipinski definition) is 4. The van der Waals surface area contributed by atoms with Crippen molar-refractivity contribution < 1.29 is 9.53 Å². The molecule has 0 spiro atoms. The number of hydrazine groups is 3. The van der Waals surface area contributed by atoms with Crippen LogP contribution in [0.15, 0.2) is 22.1 Å². The van der Waals surface area contributed by atoms with Crippen LogP contribution in [0.4, 0.5) is 5.00 Å². The Labute approximate surface area is 141 Å². The molecule has 0 radical (unpaired) electrons. The van der Waals surface area contributed by atoms with Gasteiger partial charge in [-0.1, -0.05) is 0 Å². The molecule has 0 saturated heterocycles. The lowest BCUT2D eigenvalue weighted by molar-refractivity contribution is -0.110. The first-order chi connectivity index (χ1) is 11.2. The van der Waals surface area contributed by atoms with Crippen LogP contribution in [0.5, 0.6) is 0 Å². The summed E-state index contributed by atoms with van der Waals surface area (Å²) in [5, 5.41) is 4.94. The number of nitrogens with zero attached hydrogens (tertiary/aromatic N) is 2. The van der Waals surface area contributed by atoms with E-state index in [-0.39, 0.29) is 0 Å². The minimum atomic E-state index is 0.312. The normalized spacial score (nSPS) is 15.0. The summed E-state index contributed by atoms with van der Waals surface area (Å²) in [7, 11) is 4.08. The Hall–Kier alpha value is -1.67. The Morgan fingerprint density at radius 3 is 3.09 bits per heavy atom. The van der Waals surface area contributed by atoms with Gasteiger partial charge in [0.2, 0.25) is 6.41 Å². The summed E-state index contributed by atoms with van der Waals surface area (Å²) in [6.45, 7) is 0.380. The first-order valence-corrected chi connectivity index (χ1v) is 8.42. The van der Waals surface area contributed by atoms with Crippen LogP contribution < -0.4 is 27.2 Å². The van der Waals surface area contributed by atoms with Gasteiger partial charge in [-0.05, 0) is 39.1 Å².